The van der Waals surface area contributed by atoms with E-state index in [2.05, 4.69) is 10.1 Å². The lowest BCUT2D eigenvalue weighted by Crippen LogP contribution is -2.25. The Bertz CT molecular complexity index is 985. The van der Waals surface area contributed by atoms with E-state index >= 15 is 0 Å². The molecule has 0 bridgehead atoms. The maximum absolute atomic E-state index is 12.7. The second kappa shape index (κ2) is 7.72. The minimum Gasteiger partial charge on any atom is -0.496 e. The normalized spacial score (nSPS) is 16.4. The van der Waals surface area contributed by atoms with Crippen LogP contribution in [0.3, 0.4) is 0 Å². The summed E-state index contributed by atoms with van der Waals surface area (Å²) >= 11 is 0. The monoisotopic (exact) mass is 379 g/mol. The fourth-order valence-electron chi connectivity index (χ4n) is 3.40. The van der Waals surface area contributed by atoms with Crippen molar-refractivity contribution in [1.29, 1.82) is 0 Å². The van der Waals surface area contributed by atoms with Crippen molar-refractivity contribution in [2.24, 2.45) is 0 Å². The van der Waals surface area contributed by atoms with Crippen molar-refractivity contribution >= 4 is 11.6 Å². The highest BCUT2D eigenvalue weighted by Crippen LogP contribution is 2.37. The van der Waals surface area contributed by atoms with Crippen molar-refractivity contribution in [3.63, 3.8) is 0 Å². The van der Waals surface area contributed by atoms with E-state index in [0.29, 0.717) is 42.8 Å². The SMILES string of the molecule is CCOc1ccccc1N1CC(c2nc(-c3ccccc3OC)no2)CC1=O. The third kappa shape index (κ3) is 3.31. The molecule has 1 aliphatic heterocycles. The highest BCUT2D eigenvalue weighted by Gasteiger charge is 2.36. The van der Waals surface area contributed by atoms with Gasteiger partial charge < -0.3 is 18.9 Å². The Labute approximate surface area is 162 Å². The second-order valence-electron chi connectivity index (χ2n) is 6.46. The van der Waals surface area contributed by atoms with Gasteiger partial charge in [-0.25, -0.2) is 0 Å². The number of carbonyl (C=O) groups excluding carboxylic acids is 1. The number of amides is 1. The first-order valence-corrected chi connectivity index (χ1v) is 9.20. The average molecular weight is 379 g/mol. The molecule has 28 heavy (non-hydrogen) atoms. The molecule has 0 saturated carbocycles. The van der Waals surface area contributed by atoms with Crippen LogP contribution in [0.15, 0.2) is 53.1 Å². The molecule has 0 N–H and O–H groups in total. The predicted molar refractivity (Wildman–Crippen MR) is 104 cm³/mol. The first-order chi connectivity index (χ1) is 13.7. The number of hydrogen-bond donors (Lipinski definition) is 0. The number of ether oxygens (including phenoxy) is 2. The zero-order chi connectivity index (χ0) is 19.5. The van der Waals surface area contributed by atoms with Gasteiger partial charge in [0, 0.05) is 13.0 Å². The van der Waals surface area contributed by atoms with Crippen LogP contribution in [0.2, 0.25) is 0 Å². The van der Waals surface area contributed by atoms with Crippen molar-refractivity contribution < 1.29 is 18.8 Å². The maximum atomic E-state index is 12.7. The summed E-state index contributed by atoms with van der Waals surface area (Å²) in [5, 5.41) is 4.09. The molecular formula is C21H21N3O4. The number of nitrogens with zero attached hydrogens (tertiary/aromatic N) is 3. The van der Waals surface area contributed by atoms with Crippen LogP contribution < -0.4 is 14.4 Å². The van der Waals surface area contributed by atoms with Crippen LogP contribution in [0.1, 0.15) is 25.2 Å². The van der Waals surface area contributed by atoms with E-state index in [9.17, 15) is 4.79 Å². The average Bonchev–Trinajstić information content (AvgIpc) is 3.35. The molecule has 1 fully saturated rings. The molecule has 1 aliphatic rings. The number of methoxy groups -OCH3 is 1. The molecule has 2 heterocycles. The Hall–Kier alpha value is -3.35. The fraction of sp³-hybridized carbons (Fsp3) is 0.286. The highest BCUT2D eigenvalue weighted by molar-refractivity contribution is 5.97. The third-order valence-electron chi connectivity index (χ3n) is 4.72. The standard InChI is InChI=1S/C21H21N3O4/c1-3-27-18-11-7-5-9-16(18)24-13-14(12-19(24)25)21-22-20(23-28-21)15-8-4-6-10-17(15)26-2/h4-11,14H,3,12-13H2,1-2H3. The van der Waals surface area contributed by atoms with Gasteiger partial charge in [-0.2, -0.15) is 4.98 Å². The molecule has 3 aromatic rings. The molecule has 1 saturated heterocycles. The minimum absolute atomic E-state index is 0.00851. The Morgan fingerprint density at radius 1 is 1.14 bits per heavy atom. The fourth-order valence-corrected chi connectivity index (χ4v) is 3.40. The molecule has 0 radical (unpaired) electrons. The maximum Gasteiger partial charge on any atom is 0.232 e. The number of rotatable bonds is 6. The third-order valence-corrected chi connectivity index (χ3v) is 4.72. The molecule has 1 aromatic heterocycles. The van der Waals surface area contributed by atoms with Crippen LogP contribution in [0.25, 0.3) is 11.4 Å². The summed E-state index contributed by atoms with van der Waals surface area (Å²) in [6.45, 7) is 2.92. The van der Waals surface area contributed by atoms with Crippen molar-refractivity contribution in [3.8, 4) is 22.9 Å². The number of para-hydroxylation sites is 3. The Balaban J connectivity index is 1.58. The van der Waals surface area contributed by atoms with E-state index in [0.717, 1.165) is 11.3 Å². The molecular weight excluding hydrogens is 358 g/mol. The Morgan fingerprint density at radius 2 is 1.89 bits per heavy atom. The van der Waals surface area contributed by atoms with Crippen LogP contribution in [0.5, 0.6) is 11.5 Å². The molecule has 2 aromatic carbocycles. The molecule has 4 rings (SSSR count). The Morgan fingerprint density at radius 3 is 2.68 bits per heavy atom. The van der Waals surface area contributed by atoms with E-state index in [-0.39, 0.29) is 11.8 Å². The summed E-state index contributed by atoms with van der Waals surface area (Å²) in [6, 6.07) is 15.0. The van der Waals surface area contributed by atoms with Crippen molar-refractivity contribution in [1.82, 2.24) is 10.1 Å². The van der Waals surface area contributed by atoms with Crippen molar-refractivity contribution in [2.75, 3.05) is 25.2 Å². The molecule has 7 nitrogen and oxygen atoms in total. The van der Waals surface area contributed by atoms with Gasteiger partial charge in [0.2, 0.25) is 17.6 Å². The summed E-state index contributed by atoms with van der Waals surface area (Å²) < 4.78 is 16.5. The first-order valence-electron chi connectivity index (χ1n) is 9.20. The number of anilines is 1. The lowest BCUT2D eigenvalue weighted by atomic mass is 10.1. The lowest BCUT2D eigenvalue weighted by Gasteiger charge is -2.19. The predicted octanol–water partition coefficient (Wildman–Crippen LogP) is 3.66. The van der Waals surface area contributed by atoms with Crippen molar-refractivity contribution in [3.05, 3.63) is 54.4 Å². The number of hydrogen-bond acceptors (Lipinski definition) is 6. The van der Waals surface area contributed by atoms with Gasteiger partial charge in [-0.3, -0.25) is 4.79 Å². The van der Waals surface area contributed by atoms with Gasteiger partial charge in [-0.1, -0.05) is 29.4 Å². The van der Waals surface area contributed by atoms with E-state index in [1.54, 1.807) is 12.0 Å². The number of carbonyl (C=O) groups is 1. The van der Waals surface area contributed by atoms with Crippen LogP contribution in [0, 0.1) is 0 Å². The van der Waals surface area contributed by atoms with Crippen molar-refractivity contribution in [2.45, 2.75) is 19.3 Å². The van der Waals surface area contributed by atoms with E-state index in [1.165, 1.54) is 0 Å². The van der Waals surface area contributed by atoms with E-state index < -0.39 is 0 Å². The highest BCUT2D eigenvalue weighted by atomic mass is 16.5. The summed E-state index contributed by atoms with van der Waals surface area (Å²) in [5.74, 6) is 2.11. The van der Waals surface area contributed by atoms with E-state index in [1.807, 2.05) is 55.5 Å². The zero-order valence-electron chi connectivity index (χ0n) is 15.8. The molecule has 0 spiro atoms. The largest absolute Gasteiger partial charge is 0.496 e. The number of benzene rings is 2. The van der Waals surface area contributed by atoms with Gasteiger partial charge in [-0.15, -0.1) is 0 Å². The molecule has 144 valence electrons. The van der Waals surface area contributed by atoms with Crippen LogP contribution >= 0.6 is 0 Å². The van der Waals surface area contributed by atoms with Gasteiger partial charge in [0.1, 0.15) is 11.5 Å². The Kier molecular flexibility index (Phi) is 4.97. The van der Waals surface area contributed by atoms with Crippen LogP contribution in [0.4, 0.5) is 5.69 Å². The number of aromatic nitrogens is 2. The van der Waals surface area contributed by atoms with Crippen LogP contribution in [-0.4, -0.2) is 36.3 Å². The van der Waals surface area contributed by atoms with E-state index in [4.69, 9.17) is 14.0 Å². The minimum atomic E-state index is -0.168. The van der Waals surface area contributed by atoms with Gasteiger partial charge in [0.05, 0.1) is 30.9 Å². The van der Waals surface area contributed by atoms with Gasteiger partial charge in [0.15, 0.2) is 0 Å². The first kappa shape index (κ1) is 18.0. The molecule has 1 amide bonds. The smallest absolute Gasteiger partial charge is 0.232 e. The second-order valence-corrected chi connectivity index (χ2v) is 6.46. The zero-order valence-corrected chi connectivity index (χ0v) is 15.8. The summed E-state index contributed by atoms with van der Waals surface area (Å²) in [6.07, 6.45) is 0.314. The lowest BCUT2D eigenvalue weighted by molar-refractivity contribution is -0.117. The van der Waals surface area contributed by atoms with Crippen LogP contribution in [-0.2, 0) is 4.79 Å². The molecule has 1 atom stereocenters. The summed E-state index contributed by atoms with van der Waals surface area (Å²) in [4.78, 5) is 18.9. The van der Waals surface area contributed by atoms with Gasteiger partial charge >= 0.3 is 0 Å². The van der Waals surface area contributed by atoms with Gasteiger partial charge in [-0.05, 0) is 31.2 Å². The van der Waals surface area contributed by atoms with Gasteiger partial charge in [0.25, 0.3) is 0 Å². The molecule has 1 unspecified atom stereocenters. The quantitative estimate of drug-likeness (QED) is 0.650. The summed E-state index contributed by atoms with van der Waals surface area (Å²) in [5.41, 5.74) is 1.52. The molecule has 7 heteroatoms. The molecule has 0 aliphatic carbocycles. The summed E-state index contributed by atoms with van der Waals surface area (Å²) in [7, 11) is 1.60. The topological polar surface area (TPSA) is 77.7 Å².